The van der Waals surface area contributed by atoms with E-state index < -0.39 is 90.3 Å². The molecule has 0 amide bonds. The van der Waals surface area contributed by atoms with Crippen molar-refractivity contribution in [1.82, 2.24) is 14.5 Å². The van der Waals surface area contributed by atoms with Crippen molar-refractivity contribution in [2.45, 2.75) is 72.5 Å². The van der Waals surface area contributed by atoms with Crippen LogP contribution in [0.2, 0.25) is 0 Å². The number of nitrogens with two attached hydrogens (primary N) is 4. The highest BCUT2D eigenvalue weighted by atomic mass is 32.2. The van der Waals surface area contributed by atoms with Gasteiger partial charge in [-0.3, -0.25) is 19.1 Å². The Bertz CT molecular complexity index is 1520. The number of anilines is 1. The molecule has 1 aromatic heterocycles. The minimum atomic E-state index is -1.31. The molecule has 0 bridgehead atoms. The number of carbonyl (C=O) groups is 2. The van der Waals surface area contributed by atoms with Crippen LogP contribution in [0.3, 0.4) is 0 Å². The number of aromatic nitrogens is 2. The molecular weight excluding hydrogens is 736 g/mol. The molecule has 23 nitrogen and oxygen atoms in total. The summed E-state index contributed by atoms with van der Waals surface area (Å²) in [6.07, 6.45) is -3.73. The highest BCUT2D eigenvalue weighted by molar-refractivity contribution is 8.01. The van der Waals surface area contributed by atoms with Gasteiger partial charge in [0.25, 0.3) is 0 Å². The Balaban J connectivity index is 0.000000216. The molecule has 0 aromatic carbocycles. The summed E-state index contributed by atoms with van der Waals surface area (Å²) >= 11 is 2.65. The predicted octanol–water partition coefficient (Wildman–Crippen LogP) is -6.07. The first-order valence-corrected chi connectivity index (χ1v) is 17.8. The van der Waals surface area contributed by atoms with Crippen molar-refractivity contribution in [1.29, 1.82) is 0 Å². The lowest BCUT2D eigenvalue weighted by molar-refractivity contribution is -0.139. The van der Waals surface area contributed by atoms with Gasteiger partial charge in [-0.1, -0.05) is 0 Å². The van der Waals surface area contributed by atoms with Gasteiger partial charge in [0.1, 0.15) is 67.0 Å². The summed E-state index contributed by atoms with van der Waals surface area (Å²) < 4.78 is 11.7. The fourth-order valence-electron chi connectivity index (χ4n) is 4.98. The molecule has 5 rings (SSSR count). The molecule has 2 fully saturated rings. The SMILES string of the molecule is CSC12N=CN([C@@H]3O[C@H](CO)[C@@H](O)[C@H]3O)C1=NCN=C2N.NC(CCSCC(N)C(=O)O)C(=O)O.Nc1ccn([C@@H]2O[C@H](CO)[C@@H](O)[C@H]2O)c(=O)n1. The number of amidine groups is 2. The van der Waals surface area contributed by atoms with Crippen LogP contribution >= 0.6 is 23.5 Å². The third-order valence-corrected chi connectivity index (χ3v) is 10.2. The van der Waals surface area contributed by atoms with Gasteiger partial charge in [-0.15, -0.1) is 11.8 Å². The van der Waals surface area contributed by atoms with E-state index in [0.717, 1.165) is 4.57 Å². The van der Waals surface area contributed by atoms with Crippen molar-refractivity contribution < 1.29 is 59.9 Å². The van der Waals surface area contributed by atoms with Gasteiger partial charge in [0.15, 0.2) is 18.3 Å². The van der Waals surface area contributed by atoms with Crippen molar-refractivity contribution in [3.05, 3.63) is 22.7 Å². The third kappa shape index (κ3) is 9.74. The number of aliphatic hydroxyl groups is 6. The van der Waals surface area contributed by atoms with E-state index in [1.54, 1.807) is 4.90 Å². The van der Waals surface area contributed by atoms with E-state index in [4.69, 9.17) is 52.8 Å². The first-order valence-electron chi connectivity index (χ1n) is 15.4. The van der Waals surface area contributed by atoms with Crippen LogP contribution in [0.5, 0.6) is 0 Å². The highest BCUT2D eigenvalue weighted by Crippen LogP contribution is 2.37. The van der Waals surface area contributed by atoms with Gasteiger partial charge in [0.2, 0.25) is 4.87 Å². The van der Waals surface area contributed by atoms with Crippen LogP contribution in [0.25, 0.3) is 0 Å². The molecule has 1 aromatic rings. The zero-order valence-electron chi connectivity index (χ0n) is 27.7. The van der Waals surface area contributed by atoms with Crippen LogP contribution in [-0.4, -0.2) is 183 Å². The van der Waals surface area contributed by atoms with Gasteiger partial charge in [0.05, 0.1) is 19.6 Å². The van der Waals surface area contributed by atoms with Crippen LogP contribution < -0.4 is 28.6 Å². The second kappa shape index (κ2) is 19.0. The lowest BCUT2D eigenvalue weighted by Crippen LogP contribution is -2.54. The van der Waals surface area contributed by atoms with E-state index >= 15 is 0 Å². The summed E-state index contributed by atoms with van der Waals surface area (Å²) in [6.45, 7) is -0.659. The Labute approximate surface area is 304 Å². The first-order chi connectivity index (χ1) is 24.5. The molecule has 2 saturated heterocycles. The minimum absolute atomic E-state index is 0.0537. The number of aliphatic imine (C=N–C) groups is 3. The van der Waals surface area contributed by atoms with E-state index in [-0.39, 0.29) is 24.8 Å². The largest absolute Gasteiger partial charge is 0.480 e. The molecule has 4 aliphatic rings. The van der Waals surface area contributed by atoms with Crippen molar-refractivity contribution in [3.63, 3.8) is 0 Å². The number of nitrogen functional groups attached to an aromatic ring is 1. The second-order valence-electron chi connectivity index (χ2n) is 11.4. The molecular formula is C27H44N10O13S2. The van der Waals surface area contributed by atoms with Gasteiger partial charge in [-0.25, -0.2) is 19.8 Å². The van der Waals surface area contributed by atoms with E-state index in [2.05, 4.69) is 20.0 Å². The molecule has 0 radical (unpaired) electrons. The molecule has 0 aliphatic carbocycles. The smallest absolute Gasteiger partial charge is 0.351 e. The Kier molecular flexibility index (Phi) is 15.7. The first kappa shape index (κ1) is 42.9. The van der Waals surface area contributed by atoms with Crippen molar-refractivity contribution >= 4 is 59.3 Å². The summed E-state index contributed by atoms with van der Waals surface area (Å²) in [5.74, 6) is -0.440. The second-order valence-corrected chi connectivity index (χ2v) is 13.6. The van der Waals surface area contributed by atoms with Gasteiger partial charge < -0.3 is 73.3 Å². The number of hydrogen-bond donors (Lipinski definition) is 12. The number of rotatable bonds is 12. The normalized spacial score (nSPS) is 31.7. The maximum absolute atomic E-state index is 11.5. The maximum Gasteiger partial charge on any atom is 0.351 e. The Morgan fingerprint density at radius 3 is 2.06 bits per heavy atom. The van der Waals surface area contributed by atoms with Crippen molar-refractivity contribution in [2.75, 3.05) is 43.4 Å². The van der Waals surface area contributed by atoms with Gasteiger partial charge in [-0.05, 0) is 24.5 Å². The number of fused-ring (bicyclic) bond motifs is 1. The van der Waals surface area contributed by atoms with E-state index in [1.807, 2.05) is 6.26 Å². The van der Waals surface area contributed by atoms with Crippen molar-refractivity contribution in [2.24, 2.45) is 32.2 Å². The topological polar surface area (TPSA) is 394 Å². The van der Waals surface area contributed by atoms with E-state index in [9.17, 15) is 34.8 Å². The maximum atomic E-state index is 11.5. The summed E-state index contributed by atoms with van der Waals surface area (Å²) in [4.78, 5) is 49.0. The van der Waals surface area contributed by atoms with Crippen LogP contribution in [0.4, 0.5) is 5.82 Å². The number of thioether (sulfide) groups is 2. The quantitative estimate of drug-likeness (QED) is 0.0878. The lowest BCUT2D eigenvalue weighted by Gasteiger charge is -2.33. The molecule has 0 saturated carbocycles. The average Bonchev–Trinajstić information content (AvgIpc) is 3.74. The van der Waals surface area contributed by atoms with Crippen LogP contribution in [0.15, 0.2) is 32.0 Å². The minimum Gasteiger partial charge on any atom is -0.480 e. The zero-order chi connectivity index (χ0) is 38.9. The Morgan fingerprint density at radius 2 is 1.54 bits per heavy atom. The molecule has 25 heteroatoms. The lowest BCUT2D eigenvalue weighted by atomic mass is 10.1. The third-order valence-electron chi connectivity index (χ3n) is 7.95. The Hall–Kier alpha value is -3.47. The molecule has 292 valence electrons. The zero-order valence-corrected chi connectivity index (χ0v) is 29.3. The number of aliphatic hydroxyl groups excluding tert-OH is 6. The summed E-state index contributed by atoms with van der Waals surface area (Å²) in [6, 6.07) is -0.416. The predicted molar refractivity (Wildman–Crippen MR) is 187 cm³/mol. The van der Waals surface area contributed by atoms with Crippen LogP contribution in [-0.2, 0) is 19.1 Å². The standard InChI is InChI=1S/C11H17N5O4S.C9H13N3O5.C7H14N2O4S/c1-21-11-9(12)13-3-14-10(11)16(4-15-11)8-7(19)6(18)5(2-17)20-8;10-5-1-2-12(9(16)11-5)8-7(15)6(14)4(3-13)17-8;8-4(6(10)11)1-2-14-3-5(9)7(12)13/h4-8,17-19H,2-3H2,1H3,(H2,12,13);1-2,4,6-8,13-15H,3H2,(H2,10,11,16);4-5H,1-3,8-9H2,(H,10,11)(H,12,13)/t5-,6-,7-,8-,11?;4-,6-,7-,8-;/m11./s1. The monoisotopic (exact) mass is 780 g/mol. The number of nitrogens with zero attached hydrogens (tertiary/aromatic N) is 6. The number of carboxylic acids is 2. The molecule has 16 N–H and O–H groups in total. The molecule has 4 aliphatic heterocycles. The molecule has 11 atom stereocenters. The number of ether oxygens (including phenoxy) is 2. The number of carboxylic acid groups (broad SMARTS) is 2. The number of aliphatic carboxylic acids is 2. The number of hydrogen-bond acceptors (Lipinski definition) is 22. The highest BCUT2D eigenvalue weighted by Gasteiger charge is 2.54. The van der Waals surface area contributed by atoms with Gasteiger partial charge in [0, 0.05) is 11.9 Å². The van der Waals surface area contributed by atoms with Crippen molar-refractivity contribution in [3.8, 4) is 0 Å². The molecule has 3 unspecified atom stereocenters. The molecule has 0 spiro atoms. The van der Waals surface area contributed by atoms with Gasteiger partial charge in [-0.2, -0.15) is 16.7 Å². The summed E-state index contributed by atoms with van der Waals surface area (Å²) in [5.41, 5.74) is 21.0. The fraction of sp³-hybridized carbons (Fsp3) is 0.667. The molecule has 52 heavy (non-hydrogen) atoms. The average molecular weight is 781 g/mol. The summed E-state index contributed by atoms with van der Waals surface area (Å²) in [7, 11) is 0. The molecule has 5 heterocycles. The fourth-order valence-corrected chi connectivity index (χ4v) is 6.74. The van der Waals surface area contributed by atoms with Crippen LogP contribution in [0, 0.1) is 0 Å². The summed E-state index contributed by atoms with van der Waals surface area (Å²) in [5, 5.41) is 74.1. The van der Waals surface area contributed by atoms with Crippen LogP contribution in [0.1, 0.15) is 12.6 Å². The van der Waals surface area contributed by atoms with E-state index in [0.29, 0.717) is 23.8 Å². The van der Waals surface area contributed by atoms with Gasteiger partial charge >= 0.3 is 17.6 Å². The van der Waals surface area contributed by atoms with E-state index in [1.165, 1.54) is 42.1 Å². The Morgan fingerprint density at radius 1 is 0.962 bits per heavy atom.